The highest BCUT2D eigenvalue weighted by molar-refractivity contribution is 9.10. The largest absolute Gasteiger partial charge is 0.310 e. The van der Waals surface area contributed by atoms with Crippen molar-refractivity contribution in [3.63, 3.8) is 0 Å². The second-order valence-electron chi connectivity index (χ2n) is 4.36. The number of benzene rings is 1. The Hall–Kier alpha value is -0.640. The smallest absolute Gasteiger partial charge is 0.0222 e. The standard InChI is InChI=1S/C14H16BrNS/c1-10(2)16-7-12-8-17-9-14(12)11-4-3-5-13(15)6-11/h3-6,8-10,16H,7H2,1-2H3. The van der Waals surface area contributed by atoms with Gasteiger partial charge in [0.1, 0.15) is 0 Å². The first-order chi connectivity index (χ1) is 8.16. The fourth-order valence-electron chi connectivity index (χ4n) is 1.68. The minimum Gasteiger partial charge on any atom is -0.310 e. The molecular weight excluding hydrogens is 294 g/mol. The molecule has 0 bridgehead atoms. The van der Waals surface area contributed by atoms with Gasteiger partial charge >= 0.3 is 0 Å². The summed E-state index contributed by atoms with van der Waals surface area (Å²) in [6, 6.07) is 8.98. The topological polar surface area (TPSA) is 12.0 Å². The number of nitrogens with one attached hydrogen (secondary N) is 1. The van der Waals surface area contributed by atoms with Gasteiger partial charge in [-0.2, -0.15) is 11.3 Å². The Morgan fingerprint density at radius 3 is 2.82 bits per heavy atom. The van der Waals surface area contributed by atoms with Gasteiger partial charge in [0.25, 0.3) is 0 Å². The average molecular weight is 310 g/mol. The Bertz CT molecular complexity index is 490. The summed E-state index contributed by atoms with van der Waals surface area (Å²) in [5, 5.41) is 7.92. The van der Waals surface area contributed by atoms with Crippen molar-refractivity contribution >= 4 is 27.3 Å². The van der Waals surface area contributed by atoms with E-state index in [0.29, 0.717) is 6.04 Å². The monoisotopic (exact) mass is 309 g/mol. The highest BCUT2D eigenvalue weighted by Crippen LogP contribution is 2.29. The summed E-state index contributed by atoms with van der Waals surface area (Å²) >= 11 is 5.29. The van der Waals surface area contributed by atoms with Crippen molar-refractivity contribution in [1.82, 2.24) is 5.32 Å². The number of rotatable bonds is 4. The van der Waals surface area contributed by atoms with Gasteiger partial charge in [0.05, 0.1) is 0 Å². The normalized spacial score (nSPS) is 11.1. The second kappa shape index (κ2) is 5.80. The molecule has 0 saturated heterocycles. The molecule has 1 heterocycles. The van der Waals surface area contributed by atoms with Gasteiger partial charge in [-0.3, -0.25) is 0 Å². The zero-order valence-corrected chi connectivity index (χ0v) is 12.4. The molecule has 0 aliphatic heterocycles. The SMILES string of the molecule is CC(C)NCc1cscc1-c1cccc(Br)c1. The molecule has 90 valence electrons. The molecule has 3 heteroatoms. The lowest BCUT2D eigenvalue weighted by Crippen LogP contribution is -2.21. The lowest BCUT2D eigenvalue weighted by Gasteiger charge is -2.09. The Morgan fingerprint density at radius 2 is 2.12 bits per heavy atom. The average Bonchev–Trinajstić information content (AvgIpc) is 2.74. The van der Waals surface area contributed by atoms with Crippen LogP contribution in [0.1, 0.15) is 19.4 Å². The van der Waals surface area contributed by atoms with Crippen molar-refractivity contribution in [2.75, 3.05) is 0 Å². The van der Waals surface area contributed by atoms with Gasteiger partial charge < -0.3 is 5.32 Å². The third kappa shape index (κ3) is 3.41. The van der Waals surface area contributed by atoms with Gasteiger partial charge in [0, 0.05) is 17.1 Å². The second-order valence-corrected chi connectivity index (χ2v) is 6.02. The number of hydrogen-bond acceptors (Lipinski definition) is 2. The molecular formula is C14H16BrNS. The lowest BCUT2D eigenvalue weighted by molar-refractivity contribution is 0.590. The maximum Gasteiger partial charge on any atom is 0.0222 e. The molecule has 17 heavy (non-hydrogen) atoms. The fourth-order valence-corrected chi connectivity index (χ4v) is 2.95. The van der Waals surface area contributed by atoms with E-state index >= 15 is 0 Å². The van der Waals surface area contributed by atoms with Crippen LogP contribution in [-0.4, -0.2) is 6.04 Å². The zero-order valence-electron chi connectivity index (χ0n) is 10.0. The molecule has 1 aromatic carbocycles. The molecule has 0 spiro atoms. The van der Waals surface area contributed by atoms with Crippen LogP contribution >= 0.6 is 27.3 Å². The molecule has 2 aromatic rings. The summed E-state index contributed by atoms with van der Waals surface area (Å²) in [7, 11) is 0. The van der Waals surface area contributed by atoms with Gasteiger partial charge in [-0.1, -0.05) is 41.9 Å². The third-order valence-corrected chi connectivity index (χ3v) is 3.86. The van der Waals surface area contributed by atoms with Gasteiger partial charge in [-0.25, -0.2) is 0 Å². The molecule has 0 aliphatic carbocycles. The predicted octanol–water partition coefficient (Wildman–Crippen LogP) is 4.68. The van der Waals surface area contributed by atoms with Crippen molar-refractivity contribution in [3.8, 4) is 11.1 Å². The van der Waals surface area contributed by atoms with Crippen LogP contribution in [0.3, 0.4) is 0 Å². The molecule has 0 fully saturated rings. The number of hydrogen-bond donors (Lipinski definition) is 1. The highest BCUT2D eigenvalue weighted by atomic mass is 79.9. The maximum atomic E-state index is 3.52. The minimum absolute atomic E-state index is 0.519. The summed E-state index contributed by atoms with van der Waals surface area (Å²) in [6.07, 6.45) is 0. The molecule has 0 unspecified atom stereocenters. The van der Waals surface area contributed by atoms with Gasteiger partial charge in [-0.15, -0.1) is 0 Å². The Labute approximate surface area is 115 Å². The van der Waals surface area contributed by atoms with Crippen molar-refractivity contribution in [3.05, 3.63) is 45.1 Å². The molecule has 1 aromatic heterocycles. The first-order valence-corrected chi connectivity index (χ1v) is 7.45. The van der Waals surface area contributed by atoms with Crippen LogP contribution in [0.5, 0.6) is 0 Å². The fraction of sp³-hybridized carbons (Fsp3) is 0.286. The molecule has 1 N–H and O–H groups in total. The molecule has 0 atom stereocenters. The van der Waals surface area contributed by atoms with Crippen molar-refractivity contribution in [2.45, 2.75) is 26.4 Å². The predicted molar refractivity (Wildman–Crippen MR) is 79.4 cm³/mol. The van der Waals surface area contributed by atoms with Crippen molar-refractivity contribution in [1.29, 1.82) is 0 Å². The van der Waals surface area contributed by atoms with E-state index in [1.165, 1.54) is 16.7 Å². The van der Waals surface area contributed by atoms with Gasteiger partial charge in [0.2, 0.25) is 0 Å². The summed E-state index contributed by atoms with van der Waals surface area (Å²) in [6.45, 7) is 5.28. The number of halogens is 1. The van der Waals surface area contributed by atoms with Crippen LogP contribution < -0.4 is 5.32 Å². The van der Waals surface area contributed by atoms with Crippen molar-refractivity contribution < 1.29 is 0 Å². The van der Waals surface area contributed by atoms with E-state index in [1.807, 2.05) is 0 Å². The third-order valence-electron chi connectivity index (χ3n) is 2.58. The summed E-state index contributed by atoms with van der Waals surface area (Å²) in [5.41, 5.74) is 3.99. The van der Waals surface area contributed by atoms with Crippen LogP contribution in [0.4, 0.5) is 0 Å². The Balaban J connectivity index is 2.24. The summed E-state index contributed by atoms with van der Waals surface area (Å²) < 4.78 is 1.13. The van der Waals surface area contributed by atoms with Crippen LogP contribution in [0.25, 0.3) is 11.1 Å². The first-order valence-electron chi connectivity index (χ1n) is 5.71. The van der Waals surface area contributed by atoms with Gasteiger partial charge in [-0.05, 0) is 39.6 Å². The van der Waals surface area contributed by atoms with E-state index in [4.69, 9.17) is 0 Å². The van der Waals surface area contributed by atoms with Crippen LogP contribution in [-0.2, 0) is 6.54 Å². The van der Waals surface area contributed by atoms with E-state index in [1.54, 1.807) is 11.3 Å². The minimum atomic E-state index is 0.519. The van der Waals surface area contributed by atoms with Gasteiger partial charge in [0.15, 0.2) is 0 Å². The Morgan fingerprint density at radius 1 is 1.29 bits per heavy atom. The quantitative estimate of drug-likeness (QED) is 0.865. The van der Waals surface area contributed by atoms with E-state index in [0.717, 1.165) is 11.0 Å². The van der Waals surface area contributed by atoms with E-state index in [-0.39, 0.29) is 0 Å². The summed E-state index contributed by atoms with van der Waals surface area (Å²) in [4.78, 5) is 0. The summed E-state index contributed by atoms with van der Waals surface area (Å²) in [5.74, 6) is 0. The van der Waals surface area contributed by atoms with Crippen LogP contribution in [0.2, 0.25) is 0 Å². The zero-order chi connectivity index (χ0) is 12.3. The van der Waals surface area contributed by atoms with E-state index in [2.05, 4.69) is 70.1 Å². The Kier molecular flexibility index (Phi) is 4.37. The van der Waals surface area contributed by atoms with E-state index < -0.39 is 0 Å². The van der Waals surface area contributed by atoms with Crippen LogP contribution in [0.15, 0.2) is 39.5 Å². The van der Waals surface area contributed by atoms with E-state index in [9.17, 15) is 0 Å². The number of thiophene rings is 1. The molecule has 0 radical (unpaired) electrons. The maximum absolute atomic E-state index is 3.52. The molecule has 0 amide bonds. The van der Waals surface area contributed by atoms with Crippen LogP contribution in [0, 0.1) is 0 Å². The highest BCUT2D eigenvalue weighted by Gasteiger charge is 2.07. The molecule has 2 rings (SSSR count). The molecule has 0 aliphatic rings. The van der Waals surface area contributed by atoms with Crippen molar-refractivity contribution in [2.24, 2.45) is 0 Å². The first kappa shape index (κ1) is 12.8. The molecule has 0 saturated carbocycles. The molecule has 1 nitrogen and oxygen atoms in total. The lowest BCUT2D eigenvalue weighted by atomic mass is 10.0.